The van der Waals surface area contributed by atoms with Crippen LogP contribution in [0.25, 0.3) is 11.3 Å². The van der Waals surface area contributed by atoms with Crippen molar-refractivity contribution in [1.82, 2.24) is 0 Å². The van der Waals surface area contributed by atoms with E-state index < -0.39 is 0 Å². The molecule has 2 aromatic rings. The van der Waals surface area contributed by atoms with Crippen LogP contribution in [0.2, 0.25) is 0 Å². The van der Waals surface area contributed by atoms with Gasteiger partial charge in [0.25, 0.3) is 0 Å². The minimum Gasteiger partial charge on any atom is -0.453 e. The molecule has 1 aromatic heterocycles. The van der Waals surface area contributed by atoms with Crippen LogP contribution in [0.15, 0.2) is 31.6 Å². The maximum Gasteiger partial charge on any atom is 0.185 e. The number of carbonyl (C=O) groups excluding carboxylic acids is 1. The van der Waals surface area contributed by atoms with Crippen molar-refractivity contribution in [1.29, 1.82) is 0 Å². The molecule has 5 heteroatoms. The summed E-state index contributed by atoms with van der Waals surface area (Å²) >= 11 is 6.61. The predicted octanol–water partition coefficient (Wildman–Crippen LogP) is 4.73. The number of rotatable bonds is 2. The Morgan fingerprint density at radius 3 is 2.65 bits per heavy atom. The lowest BCUT2D eigenvalue weighted by Crippen LogP contribution is -1.89. The fraction of sp³-hybridized carbons (Fsp3) is 0.0833. The van der Waals surface area contributed by atoms with Gasteiger partial charge in [-0.2, -0.15) is 0 Å². The van der Waals surface area contributed by atoms with Crippen molar-refractivity contribution in [2.45, 2.75) is 6.92 Å². The molecule has 2 nitrogen and oxygen atoms in total. The number of carbonyl (C=O) groups is 1. The van der Waals surface area contributed by atoms with Gasteiger partial charge in [-0.3, -0.25) is 4.79 Å². The van der Waals surface area contributed by atoms with Crippen LogP contribution >= 0.6 is 31.9 Å². The van der Waals surface area contributed by atoms with Gasteiger partial charge in [-0.25, -0.2) is 4.39 Å². The second-order valence-electron chi connectivity index (χ2n) is 3.47. The highest BCUT2D eigenvalue weighted by molar-refractivity contribution is 9.11. The summed E-state index contributed by atoms with van der Waals surface area (Å²) in [6.45, 7) is 1.67. The topological polar surface area (TPSA) is 30.2 Å². The molecule has 88 valence electrons. The lowest BCUT2D eigenvalue weighted by molar-refractivity contribution is 0.110. The fourth-order valence-electron chi connectivity index (χ4n) is 1.47. The van der Waals surface area contributed by atoms with Crippen LogP contribution < -0.4 is 0 Å². The molecule has 17 heavy (non-hydrogen) atoms. The normalized spacial score (nSPS) is 10.6. The molecule has 0 saturated carbocycles. The molecule has 0 amide bonds. The van der Waals surface area contributed by atoms with Gasteiger partial charge in [0.15, 0.2) is 12.0 Å². The van der Waals surface area contributed by atoms with E-state index >= 15 is 0 Å². The summed E-state index contributed by atoms with van der Waals surface area (Å²) in [5.41, 5.74) is 1.18. The van der Waals surface area contributed by atoms with E-state index in [1.54, 1.807) is 19.1 Å². The summed E-state index contributed by atoms with van der Waals surface area (Å²) in [4.78, 5) is 10.6. The lowest BCUT2D eigenvalue weighted by atomic mass is 10.1. The number of halogens is 3. The Morgan fingerprint density at radius 1 is 1.35 bits per heavy atom. The summed E-state index contributed by atoms with van der Waals surface area (Å²) in [6, 6.07) is 4.62. The van der Waals surface area contributed by atoms with Gasteiger partial charge in [0, 0.05) is 14.5 Å². The Balaban J connectivity index is 2.66. The zero-order chi connectivity index (χ0) is 12.6. The van der Waals surface area contributed by atoms with Crippen molar-refractivity contribution in [3.8, 4) is 11.3 Å². The van der Waals surface area contributed by atoms with Crippen LogP contribution in [0.4, 0.5) is 4.39 Å². The molecular weight excluding hydrogens is 355 g/mol. The van der Waals surface area contributed by atoms with Crippen LogP contribution in [0.5, 0.6) is 0 Å². The standard InChI is InChI=1S/C12H7Br2FO2/c1-6-9(15)4-8(13)11(12(6)14)10-3-2-7(5-16)17-10/h2-5H,1H3. The molecule has 0 atom stereocenters. The number of benzene rings is 1. The van der Waals surface area contributed by atoms with Gasteiger partial charge >= 0.3 is 0 Å². The van der Waals surface area contributed by atoms with E-state index in [9.17, 15) is 9.18 Å². The molecule has 0 radical (unpaired) electrons. The van der Waals surface area contributed by atoms with Gasteiger partial charge in [0.2, 0.25) is 0 Å². The van der Waals surface area contributed by atoms with Crippen molar-refractivity contribution < 1.29 is 13.6 Å². The Morgan fingerprint density at radius 2 is 2.06 bits per heavy atom. The van der Waals surface area contributed by atoms with Gasteiger partial charge in [-0.1, -0.05) is 0 Å². The first-order valence-electron chi connectivity index (χ1n) is 4.74. The molecule has 0 spiro atoms. The number of hydrogen-bond acceptors (Lipinski definition) is 2. The molecule has 0 unspecified atom stereocenters. The maximum atomic E-state index is 13.5. The third-order valence-electron chi connectivity index (χ3n) is 2.39. The van der Waals surface area contributed by atoms with E-state index in [-0.39, 0.29) is 11.6 Å². The zero-order valence-corrected chi connectivity index (χ0v) is 11.9. The molecule has 0 aliphatic carbocycles. The second-order valence-corrected chi connectivity index (χ2v) is 5.12. The maximum absolute atomic E-state index is 13.5. The zero-order valence-electron chi connectivity index (χ0n) is 8.76. The highest BCUT2D eigenvalue weighted by Gasteiger charge is 2.16. The van der Waals surface area contributed by atoms with Crippen LogP contribution in [0.1, 0.15) is 16.1 Å². The third-order valence-corrected chi connectivity index (χ3v) is 4.01. The SMILES string of the molecule is Cc1c(F)cc(Br)c(-c2ccc(C=O)o2)c1Br. The largest absolute Gasteiger partial charge is 0.453 e. The van der Waals surface area contributed by atoms with E-state index in [1.165, 1.54) is 6.07 Å². The first-order valence-corrected chi connectivity index (χ1v) is 6.32. The van der Waals surface area contributed by atoms with Crippen molar-refractivity contribution in [2.24, 2.45) is 0 Å². The van der Waals surface area contributed by atoms with Crippen molar-refractivity contribution >= 4 is 38.1 Å². The molecule has 0 saturated heterocycles. The molecule has 0 bridgehead atoms. The van der Waals surface area contributed by atoms with Crippen LogP contribution in [-0.2, 0) is 0 Å². The summed E-state index contributed by atoms with van der Waals surface area (Å²) < 4.78 is 20.0. The monoisotopic (exact) mass is 360 g/mol. The summed E-state index contributed by atoms with van der Waals surface area (Å²) in [6.07, 6.45) is 0.627. The summed E-state index contributed by atoms with van der Waals surface area (Å²) in [5, 5.41) is 0. The number of aldehydes is 1. The van der Waals surface area contributed by atoms with E-state index in [2.05, 4.69) is 31.9 Å². The Bertz CT molecular complexity index is 590. The van der Waals surface area contributed by atoms with E-state index in [1.807, 2.05) is 0 Å². The van der Waals surface area contributed by atoms with Crippen LogP contribution in [0.3, 0.4) is 0 Å². The third kappa shape index (κ3) is 2.21. The van der Waals surface area contributed by atoms with Gasteiger partial charge in [0.05, 0.1) is 0 Å². The van der Waals surface area contributed by atoms with E-state index in [0.29, 0.717) is 32.1 Å². The molecule has 1 heterocycles. The molecule has 1 aromatic carbocycles. The highest BCUT2D eigenvalue weighted by atomic mass is 79.9. The van der Waals surface area contributed by atoms with Crippen molar-refractivity contribution in [2.75, 3.05) is 0 Å². The molecule has 2 rings (SSSR count). The van der Waals surface area contributed by atoms with Crippen molar-refractivity contribution in [3.05, 3.63) is 44.3 Å². The summed E-state index contributed by atoms with van der Waals surface area (Å²) in [7, 11) is 0. The minimum absolute atomic E-state index is 0.237. The molecular formula is C12H7Br2FO2. The molecule has 0 aliphatic heterocycles. The van der Waals surface area contributed by atoms with Gasteiger partial charge in [-0.15, -0.1) is 0 Å². The first kappa shape index (κ1) is 12.5. The highest BCUT2D eigenvalue weighted by Crippen LogP contribution is 2.39. The average molecular weight is 362 g/mol. The fourth-order valence-corrected chi connectivity index (χ4v) is 2.92. The van der Waals surface area contributed by atoms with Gasteiger partial charge < -0.3 is 4.42 Å². The quantitative estimate of drug-likeness (QED) is 0.723. The second kappa shape index (κ2) is 4.74. The average Bonchev–Trinajstić information content (AvgIpc) is 2.74. The minimum atomic E-state index is -0.310. The van der Waals surface area contributed by atoms with E-state index in [0.717, 1.165) is 0 Å². The smallest absolute Gasteiger partial charge is 0.185 e. The molecule has 0 aliphatic rings. The number of furan rings is 1. The van der Waals surface area contributed by atoms with Crippen molar-refractivity contribution in [3.63, 3.8) is 0 Å². The Labute approximate surface area is 114 Å². The van der Waals surface area contributed by atoms with Gasteiger partial charge in [-0.05, 0) is 62.5 Å². The van der Waals surface area contributed by atoms with Gasteiger partial charge in [0.1, 0.15) is 11.6 Å². The molecule has 0 fully saturated rings. The number of hydrogen-bond donors (Lipinski definition) is 0. The Hall–Kier alpha value is -0.940. The van der Waals surface area contributed by atoms with E-state index in [4.69, 9.17) is 4.42 Å². The lowest BCUT2D eigenvalue weighted by Gasteiger charge is -2.08. The van der Waals surface area contributed by atoms with Crippen LogP contribution in [0, 0.1) is 12.7 Å². The Kier molecular flexibility index (Phi) is 3.49. The molecule has 0 N–H and O–H groups in total. The van der Waals surface area contributed by atoms with Crippen LogP contribution in [-0.4, -0.2) is 6.29 Å². The predicted molar refractivity (Wildman–Crippen MR) is 69.6 cm³/mol. The first-order chi connectivity index (χ1) is 8.04. The summed E-state index contributed by atoms with van der Waals surface area (Å²) in [5.74, 6) is 0.435.